The van der Waals surface area contributed by atoms with Crippen LogP contribution in [0.5, 0.6) is 0 Å². The van der Waals surface area contributed by atoms with Crippen molar-refractivity contribution in [1.29, 1.82) is 0 Å². The summed E-state index contributed by atoms with van der Waals surface area (Å²) < 4.78 is 0.795. The number of hydrogen-bond donors (Lipinski definition) is 1. The molecule has 94 valence electrons. The third-order valence-electron chi connectivity index (χ3n) is 2.34. The third-order valence-corrected chi connectivity index (χ3v) is 3.07. The first-order chi connectivity index (χ1) is 8.13. The van der Waals surface area contributed by atoms with Crippen molar-refractivity contribution in [3.8, 4) is 0 Å². The summed E-state index contributed by atoms with van der Waals surface area (Å²) in [6.45, 7) is 2.15. The molecule has 5 heteroatoms. The number of hydrogen-bond acceptors (Lipinski definition) is 2. The maximum Gasteiger partial charge on any atom is 0.224 e. The van der Waals surface area contributed by atoms with Crippen molar-refractivity contribution in [3.05, 3.63) is 21.9 Å². The Balaban J connectivity index is 2.42. The lowest BCUT2D eigenvalue weighted by atomic mass is 10.1. The van der Waals surface area contributed by atoms with E-state index in [1.165, 1.54) is 12.8 Å². The van der Waals surface area contributed by atoms with Crippen molar-refractivity contribution in [1.82, 2.24) is 4.98 Å². The highest BCUT2D eigenvalue weighted by molar-refractivity contribution is 9.10. The zero-order chi connectivity index (χ0) is 12.7. The fourth-order valence-electron chi connectivity index (χ4n) is 1.44. The Bertz CT molecular complexity index is 385. The van der Waals surface area contributed by atoms with E-state index in [1.54, 1.807) is 12.3 Å². The zero-order valence-electron chi connectivity index (χ0n) is 9.80. The van der Waals surface area contributed by atoms with Gasteiger partial charge in [-0.2, -0.15) is 0 Å². The molecule has 0 aliphatic rings. The van der Waals surface area contributed by atoms with Gasteiger partial charge in [0.2, 0.25) is 5.91 Å². The van der Waals surface area contributed by atoms with Crippen molar-refractivity contribution in [2.24, 2.45) is 0 Å². The van der Waals surface area contributed by atoms with Crippen LogP contribution in [-0.4, -0.2) is 10.9 Å². The highest BCUT2D eigenvalue weighted by Gasteiger charge is 2.07. The van der Waals surface area contributed by atoms with E-state index >= 15 is 0 Å². The number of carbonyl (C=O) groups excluding carboxylic acids is 1. The van der Waals surface area contributed by atoms with Gasteiger partial charge in [0.25, 0.3) is 0 Å². The van der Waals surface area contributed by atoms with Crippen molar-refractivity contribution in [2.75, 3.05) is 5.32 Å². The van der Waals surface area contributed by atoms with E-state index in [0.717, 1.165) is 17.3 Å². The van der Waals surface area contributed by atoms with Gasteiger partial charge in [0.15, 0.2) is 5.15 Å². The van der Waals surface area contributed by atoms with Crippen LogP contribution in [0.4, 0.5) is 5.69 Å². The van der Waals surface area contributed by atoms with Crippen LogP contribution >= 0.6 is 27.5 Å². The highest BCUT2D eigenvalue weighted by atomic mass is 79.9. The second kappa shape index (κ2) is 7.67. The van der Waals surface area contributed by atoms with E-state index in [4.69, 9.17) is 11.6 Å². The van der Waals surface area contributed by atoms with Crippen molar-refractivity contribution in [2.45, 2.75) is 39.0 Å². The summed E-state index contributed by atoms with van der Waals surface area (Å²) in [5, 5.41) is 3.08. The quantitative estimate of drug-likeness (QED) is 0.623. The number of rotatable bonds is 6. The molecule has 0 bridgehead atoms. The molecule has 0 spiro atoms. The minimum absolute atomic E-state index is 0.0112. The standard InChI is InChI=1S/C12H16BrClN2O/c1-2-3-4-5-6-11(17)16-10-7-9(13)8-15-12(10)14/h7-8H,2-6H2,1H3,(H,16,17). The Morgan fingerprint density at radius 1 is 1.47 bits per heavy atom. The summed E-state index contributed by atoms with van der Waals surface area (Å²) in [5.41, 5.74) is 0.557. The molecule has 0 aromatic carbocycles. The molecule has 0 saturated carbocycles. The molecule has 0 fully saturated rings. The Kier molecular flexibility index (Phi) is 6.52. The molecule has 0 aliphatic heterocycles. The van der Waals surface area contributed by atoms with Crippen LogP contribution in [0.2, 0.25) is 5.15 Å². The highest BCUT2D eigenvalue weighted by Crippen LogP contribution is 2.23. The molecule has 0 saturated heterocycles. The van der Waals surface area contributed by atoms with Crippen molar-refractivity contribution in [3.63, 3.8) is 0 Å². The number of aromatic nitrogens is 1. The average molecular weight is 320 g/mol. The predicted molar refractivity (Wildman–Crippen MR) is 74.3 cm³/mol. The van der Waals surface area contributed by atoms with Crippen LogP contribution in [0.1, 0.15) is 39.0 Å². The smallest absolute Gasteiger partial charge is 0.224 e. The van der Waals surface area contributed by atoms with E-state index in [1.807, 2.05) is 0 Å². The first-order valence-corrected chi connectivity index (χ1v) is 6.91. The molecule has 1 rings (SSSR count). The summed E-state index contributed by atoms with van der Waals surface area (Å²) >= 11 is 9.16. The number of anilines is 1. The Morgan fingerprint density at radius 2 is 2.24 bits per heavy atom. The first-order valence-electron chi connectivity index (χ1n) is 5.74. The molecule has 0 unspecified atom stereocenters. The normalized spacial score (nSPS) is 10.3. The predicted octanol–water partition coefficient (Wildman–Crippen LogP) is 4.41. The van der Waals surface area contributed by atoms with Gasteiger partial charge in [0.1, 0.15) is 0 Å². The van der Waals surface area contributed by atoms with Gasteiger partial charge in [0.05, 0.1) is 5.69 Å². The molecular formula is C12H16BrClN2O. The van der Waals surface area contributed by atoms with Crippen molar-refractivity contribution >= 4 is 39.1 Å². The first kappa shape index (κ1) is 14.5. The minimum atomic E-state index is -0.0112. The maximum absolute atomic E-state index is 11.6. The average Bonchev–Trinajstić information content (AvgIpc) is 2.29. The molecule has 3 nitrogen and oxygen atoms in total. The number of halogens is 2. The van der Waals surface area contributed by atoms with E-state index in [9.17, 15) is 4.79 Å². The van der Waals surface area contributed by atoms with Crippen LogP contribution < -0.4 is 5.32 Å². The van der Waals surface area contributed by atoms with Gasteiger partial charge >= 0.3 is 0 Å². The van der Waals surface area contributed by atoms with Gasteiger partial charge in [-0.3, -0.25) is 4.79 Å². The molecule has 1 amide bonds. The van der Waals surface area contributed by atoms with E-state index in [-0.39, 0.29) is 5.91 Å². The van der Waals surface area contributed by atoms with Gasteiger partial charge in [0, 0.05) is 17.1 Å². The Morgan fingerprint density at radius 3 is 2.94 bits per heavy atom. The monoisotopic (exact) mass is 318 g/mol. The van der Waals surface area contributed by atoms with Gasteiger partial charge in [-0.25, -0.2) is 4.98 Å². The summed E-state index contributed by atoms with van der Waals surface area (Å²) in [6.07, 6.45) is 6.48. The van der Waals surface area contributed by atoms with Crippen LogP contribution in [0.15, 0.2) is 16.7 Å². The minimum Gasteiger partial charge on any atom is -0.323 e. The van der Waals surface area contributed by atoms with Gasteiger partial charge in [-0.15, -0.1) is 0 Å². The summed E-state index contributed by atoms with van der Waals surface area (Å²) in [4.78, 5) is 15.6. The number of pyridine rings is 1. The number of unbranched alkanes of at least 4 members (excludes halogenated alkanes) is 3. The van der Waals surface area contributed by atoms with Crippen LogP contribution in [0, 0.1) is 0 Å². The van der Waals surface area contributed by atoms with Crippen LogP contribution in [0.25, 0.3) is 0 Å². The van der Waals surface area contributed by atoms with Gasteiger partial charge < -0.3 is 5.32 Å². The lowest BCUT2D eigenvalue weighted by Crippen LogP contribution is -2.11. The van der Waals surface area contributed by atoms with Crippen molar-refractivity contribution < 1.29 is 4.79 Å². The fraction of sp³-hybridized carbons (Fsp3) is 0.500. The largest absolute Gasteiger partial charge is 0.323 e. The third kappa shape index (κ3) is 5.50. The summed E-state index contributed by atoms with van der Waals surface area (Å²) in [5.74, 6) is -0.0112. The van der Waals surface area contributed by atoms with Crippen LogP contribution in [-0.2, 0) is 4.79 Å². The Labute approximate surface area is 115 Å². The van der Waals surface area contributed by atoms with Gasteiger partial charge in [-0.1, -0.05) is 37.8 Å². The topological polar surface area (TPSA) is 42.0 Å². The van der Waals surface area contributed by atoms with E-state index in [0.29, 0.717) is 17.3 Å². The molecule has 0 atom stereocenters. The molecule has 0 radical (unpaired) electrons. The maximum atomic E-state index is 11.6. The van der Waals surface area contributed by atoms with E-state index in [2.05, 4.69) is 33.2 Å². The lowest BCUT2D eigenvalue weighted by molar-refractivity contribution is -0.116. The fourth-order valence-corrected chi connectivity index (χ4v) is 1.92. The molecule has 1 aromatic rings. The second-order valence-corrected chi connectivity index (χ2v) is 5.12. The van der Waals surface area contributed by atoms with E-state index < -0.39 is 0 Å². The molecular weight excluding hydrogens is 304 g/mol. The number of amides is 1. The number of nitrogens with zero attached hydrogens (tertiary/aromatic N) is 1. The number of carbonyl (C=O) groups is 1. The Hall–Kier alpha value is -0.610. The molecule has 0 aliphatic carbocycles. The summed E-state index contributed by atoms with van der Waals surface area (Å²) in [6, 6.07) is 1.75. The van der Waals surface area contributed by atoms with Gasteiger partial charge in [-0.05, 0) is 28.4 Å². The summed E-state index contributed by atoms with van der Waals surface area (Å²) in [7, 11) is 0. The second-order valence-electron chi connectivity index (χ2n) is 3.85. The molecule has 17 heavy (non-hydrogen) atoms. The van der Waals surface area contributed by atoms with Crippen LogP contribution in [0.3, 0.4) is 0 Å². The lowest BCUT2D eigenvalue weighted by Gasteiger charge is -2.06. The zero-order valence-corrected chi connectivity index (χ0v) is 12.1. The molecule has 1 aromatic heterocycles. The molecule has 1 N–H and O–H groups in total. The SMILES string of the molecule is CCCCCCC(=O)Nc1cc(Br)cnc1Cl. The number of nitrogens with one attached hydrogen (secondary N) is 1. The molecule has 1 heterocycles.